The van der Waals surface area contributed by atoms with Gasteiger partial charge in [-0.1, -0.05) is 0 Å². The average molecular weight is 464 g/mol. The summed E-state index contributed by atoms with van der Waals surface area (Å²) in [5, 5.41) is 0.794. The molecule has 4 rings (SSSR count). The van der Waals surface area contributed by atoms with Crippen LogP contribution in [0.3, 0.4) is 0 Å². The van der Waals surface area contributed by atoms with Crippen LogP contribution in [-0.2, 0) is 19.1 Å². The number of nitrogens with one attached hydrogen (secondary N) is 1. The maximum atomic E-state index is 13.3. The Hall–Kier alpha value is -3.85. The summed E-state index contributed by atoms with van der Waals surface area (Å²) in [5.41, 5.74) is 1.23. The van der Waals surface area contributed by atoms with Crippen molar-refractivity contribution in [1.82, 2.24) is 14.9 Å². The number of hydrogen-bond donors (Lipinski definition) is 1. The first-order valence-electron chi connectivity index (χ1n) is 10.7. The molecule has 1 N–H and O–H groups in total. The van der Waals surface area contributed by atoms with Gasteiger partial charge in [-0.05, 0) is 70.4 Å². The van der Waals surface area contributed by atoms with E-state index in [1.807, 2.05) is 38.9 Å². The monoisotopic (exact) mass is 464 g/mol. The molecule has 0 saturated carbocycles. The molecule has 1 aromatic carbocycles. The third-order valence-electron chi connectivity index (χ3n) is 5.82. The molecular formula is C25H25FN4O4. The Morgan fingerprint density at radius 1 is 1.29 bits per heavy atom. The lowest BCUT2D eigenvalue weighted by Crippen LogP contribution is -2.44. The number of Topliss-reactive ketones (excluding diaryl/α,β-unsaturated/α-hetero) is 1. The highest BCUT2D eigenvalue weighted by Gasteiger charge is 2.45. The van der Waals surface area contributed by atoms with Crippen LogP contribution in [0.4, 0.5) is 10.1 Å². The number of hydrogen-bond acceptors (Lipinski definition) is 7. The molecule has 0 bridgehead atoms. The standard InChI is InChI=1S/C25H25FN4O4/c1-25(2,30(3)4)14-33-24(32)20-21(31)19(12-15-13-28-22-18(15)6-5-11-27-22)34-23(20)29-17-9-7-16(26)8-10-17/h5-13,20H,14H2,1-4H3,(H,27,28)/b19-12-,29-23?. The van der Waals surface area contributed by atoms with E-state index in [0.29, 0.717) is 16.9 Å². The van der Waals surface area contributed by atoms with Crippen LogP contribution in [0.5, 0.6) is 0 Å². The summed E-state index contributed by atoms with van der Waals surface area (Å²) >= 11 is 0. The smallest absolute Gasteiger partial charge is 0.326 e. The number of benzene rings is 1. The van der Waals surface area contributed by atoms with Gasteiger partial charge >= 0.3 is 5.97 Å². The van der Waals surface area contributed by atoms with Crippen molar-refractivity contribution in [2.75, 3.05) is 20.7 Å². The quantitative estimate of drug-likeness (QED) is 0.338. The maximum absolute atomic E-state index is 13.3. The average Bonchev–Trinajstić information content (AvgIpc) is 3.35. The number of H-pyrrole nitrogens is 1. The number of aromatic nitrogens is 2. The fourth-order valence-electron chi connectivity index (χ4n) is 3.21. The topological polar surface area (TPSA) is 96.9 Å². The number of halogens is 1. The van der Waals surface area contributed by atoms with Gasteiger partial charge in [-0.3, -0.25) is 9.59 Å². The number of esters is 1. The highest BCUT2D eigenvalue weighted by molar-refractivity contribution is 6.27. The summed E-state index contributed by atoms with van der Waals surface area (Å²) in [7, 11) is 3.74. The molecule has 1 aliphatic rings. The predicted octanol–water partition coefficient (Wildman–Crippen LogP) is 3.87. The molecule has 1 atom stereocenters. The van der Waals surface area contributed by atoms with Gasteiger partial charge in [0.15, 0.2) is 11.7 Å². The molecule has 176 valence electrons. The Kier molecular flexibility index (Phi) is 6.30. The number of ketones is 1. The highest BCUT2D eigenvalue weighted by atomic mass is 19.1. The zero-order valence-electron chi connectivity index (χ0n) is 19.3. The van der Waals surface area contributed by atoms with Gasteiger partial charge in [-0.15, -0.1) is 0 Å². The molecule has 9 heteroatoms. The Balaban J connectivity index is 1.68. The molecule has 3 aromatic rings. The van der Waals surface area contributed by atoms with E-state index in [1.54, 1.807) is 24.5 Å². The molecule has 8 nitrogen and oxygen atoms in total. The highest BCUT2D eigenvalue weighted by Crippen LogP contribution is 2.29. The fourth-order valence-corrected chi connectivity index (χ4v) is 3.21. The van der Waals surface area contributed by atoms with Crippen molar-refractivity contribution in [2.45, 2.75) is 19.4 Å². The molecule has 2 aromatic heterocycles. The van der Waals surface area contributed by atoms with E-state index in [4.69, 9.17) is 9.47 Å². The number of pyridine rings is 1. The van der Waals surface area contributed by atoms with Gasteiger partial charge in [-0.2, -0.15) is 0 Å². The fraction of sp³-hybridized carbons (Fsp3) is 0.280. The van der Waals surface area contributed by atoms with Crippen LogP contribution < -0.4 is 0 Å². The second kappa shape index (κ2) is 9.18. The van der Waals surface area contributed by atoms with Crippen molar-refractivity contribution in [2.24, 2.45) is 10.9 Å². The van der Waals surface area contributed by atoms with E-state index in [-0.39, 0.29) is 18.3 Å². The largest absolute Gasteiger partial charge is 0.463 e. The van der Waals surface area contributed by atoms with Crippen LogP contribution in [0.1, 0.15) is 19.4 Å². The molecule has 1 unspecified atom stereocenters. The number of fused-ring (bicyclic) bond motifs is 1. The van der Waals surface area contributed by atoms with Crippen molar-refractivity contribution >= 4 is 40.4 Å². The first-order chi connectivity index (χ1) is 16.2. The van der Waals surface area contributed by atoms with Crippen molar-refractivity contribution in [1.29, 1.82) is 0 Å². The van der Waals surface area contributed by atoms with Crippen LogP contribution in [0.15, 0.2) is 59.5 Å². The zero-order chi connectivity index (χ0) is 24.5. The molecule has 3 heterocycles. The van der Waals surface area contributed by atoms with E-state index in [2.05, 4.69) is 15.0 Å². The summed E-state index contributed by atoms with van der Waals surface area (Å²) in [5.74, 6) is -3.27. The SMILES string of the molecule is CN(C)C(C)(C)COC(=O)C1C(=O)/C(=C/c2c[nH]c3ncccc23)OC1=Nc1ccc(F)cc1. The molecule has 1 fully saturated rings. The van der Waals surface area contributed by atoms with Crippen LogP contribution in [0.2, 0.25) is 0 Å². The van der Waals surface area contributed by atoms with Gasteiger partial charge in [0.05, 0.1) is 5.69 Å². The molecule has 0 aliphatic carbocycles. The van der Waals surface area contributed by atoms with Crippen LogP contribution >= 0.6 is 0 Å². The number of nitrogens with zero attached hydrogens (tertiary/aromatic N) is 3. The zero-order valence-corrected chi connectivity index (χ0v) is 19.3. The predicted molar refractivity (Wildman–Crippen MR) is 126 cm³/mol. The molecule has 0 spiro atoms. The van der Waals surface area contributed by atoms with Gasteiger partial charge < -0.3 is 19.4 Å². The number of carbonyl (C=O) groups excluding carboxylic acids is 2. The van der Waals surface area contributed by atoms with Crippen molar-refractivity contribution < 1.29 is 23.5 Å². The lowest BCUT2D eigenvalue weighted by molar-refractivity contribution is -0.151. The summed E-state index contributed by atoms with van der Waals surface area (Å²) in [6.45, 7) is 3.90. The normalized spacial score (nSPS) is 18.8. The van der Waals surface area contributed by atoms with Crippen molar-refractivity contribution in [3.05, 3.63) is 65.9 Å². The van der Waals surface area contributed by atoms with Crippen LogP contribution in [-0.4, -0.2) is 58.8 Å². The molecule has 0 amide bonds. The maximum Gasteiger partial charge on any atom is 0.326 e. The number of ether oxygens (including phenoxy) is 2. The number of aliphatic imine (C=N–C) groups is 1. The summed E-state index contributed by atoms with van der Waals surface area (Å²) in [6, 6.07) is 8.97. The Labute approximate surface area is 196 Å². The third kappa shape index (κ3) is 4.74. The van der Waals surface area contributed by atoms with E-state index in [1.165, 1.54) is 24.3 Å². The second-order valence-electron chi connectivity index (χ2n) is 8.79. The minimum Gasteiger partial charge on any atom is -0.463 e. The number of aromatic amines is 1. The first kappa shape index (κ1) is 23.3. The number of rotatable bonds is 6. The Morgan fingerprint density at radius 2 is 2.03 bits per heavy atom. The van der Waals surface area contributed by atoms with E-state index >= 15 is 0 Å². The lowest BCUT2D eigenvalue weighted by atomic mass is 10.0. The molecule has 1 aliphatic heterocycles. The number of allylic oxidation sites excluding steroid dienone is 1. The van der Waals surface area contributed by atoms with Crippen LogP contribution in [0.25, 0.3) is 17.1 Å². The minimum absolute atomic E-state index is 0.0422. The molecular weight excluding hydrogens is 439 g/mol. The number of carbonyl (C=O) groups is 2. The lowest BCUT2D eigenvalue weighted by Gasteiger charge is -2.31. The van der Waals surface area contributed by atoms with E-state index in [9.17, 15) is 14.0 Å². The first-order valence-corrected chi connectivity index (χ1v) is 10.7. The molecule has 34 heavy (non-hydrogen) atoms. The second-order valence-corrected chi connectivity index (χ2v) is 8.79. The van der Waals surface area contributed by atoms with E-state index < -0.39 is 29.0 Å². The third-order valence-corrected chi connectivity index (χ3v) is 5.82. The van der Waals surface area contributed by atoms with Crippen molar-refractivity contribution in [3.8, 4) is 0 Å². The van der Waals surface area contributed by atoms with E-state index in [0.717, 1.165) is 5.39 Å². The Bertz CT molecular complexity index is 1290. The summed E-state index contributed by atoms with van der Waals surface area (Å²) in [6.07, 6.45) is 4.89. The van der Waals surface area contributed by atoms with Gasteiger partial charge in [0.1, 0.15) is 18.1 Å². The van der Waals surface area contributed by atoms with Crippen LogP contribution in [0, 0.1) is 11.7 Å². The van der Waals surface area contributed by atoms with Gasteiger partial charge in [0, 0.05) is 28.9 Å². The summed E-state index contributed by atoms with van der Waals surface area (Å²) < 4.78 is 24.6. The van der Waals surface area contributed by atoms with Gasteiger partial charge in [0.25, 0.3) is 0 Å². The van der Waals surface area contributed by atoms with Gasteiger partial charge in [0.2, 0.25) is 11.7 Å². The Morgan fingerprint density at radius 3 is 2.74 bits per heavy atom. The molecule has 1 saturated heterocycles. The van der Waals surface area contributed by atoms with Crippen molar-refractivity contribution in [3.63, 3.8) is 0 Å². The summed E-state index contributed by atoms with van der Waals surface area (Å²) in [4.78, 5) is 39.8. The van der Waals surface area contributed by atoms with Gasteiger partial charge in [-0.25, -0.2) is 14.4 Å². The number of likely N-dealkylation sites (N-methyl/N-ethyl adjacent to an activating group) is 1. The molecule has 0 radical (unpaired) electrons. The minimum atomic E-state index is -1.36.